The van der Waals surface area contributed by atoms with Crippen LogP contribution in [0.5, 0.6) is 0 Å². The van der Waals surface area contributed by atoms with Crippen LogP contribution in [0.1, 0.15) is 50.8 Å². The summed E-state index contributed by atoms with van der Waals surface area (Å²) in [5, 5.41) is 0. The van der Waals surface area contributed by atoms with Crippen molar-refractivity contribution >= 4 is 5.57 Å². The Labute approximate surface area is 111 Å². The van der Waals surface area contributed by atoms with Gasteiger partial charge in [0.1, 0.15) is 0 Å². The van der Waals surface area contributed by atoms with Crippen molar-refractivity contribution in [1.29, 1.82) is 0 Å². The van der Waals surface area contributed by atoms with Gasteiger partial charge in [-0.25, -0.2) is 0 Å². The second kappa shape index (κ2) is 4.76. The van der Waals surface area contributed by atoms with Crippen LogP contribution >= 0.6 is 0 Å². The Morgan fingerprint density at radius 3 is 2.50 bits per heavy atom. The number of rotatable bonds is 1. The molecule has 1 unspecified atom stereocenters. The Kier molecular flexibility index (Phi) is 3.47. The number of hydrogen-bond donors (Lipinski definition) is 0. The fourth-order valence-electron chi connectivity index (χ4n) is 2.63. The second-order valence-electron chi connectivity index (χ2n) is 6.49. The summed E-state index contributed by atoms with van der Waals surface area (Å²) in [4.78, 5) is 0. The molecule has 0 nitrogen and oxygen atoms in total. The summed E-state index contributed by atoms with van der Waals surface area (Å²) in [7, 11) is 0. The number of hydrogen-bond acceptors (Lipinski definition) is 0. The summed E-state index contributed by atoms with van der Waals surface area (Å²) in [5.41, 5.74) is 5.94. The van der Waals surface area contributed by atoms with Crippen LogP contribution in [0.15, 0.2) is 36.4 Å². The Hall–Kier alpha value is -1.30. The molecule has 0 saturated carbocycles. The van der Waals surface area contributed by atoms with Crippen LogP contribution in [-0.4, -0.2) is 0 Å². The molecular weight excluding hydrogens is 216 g/mol. The monoisotopic (exact) mass is 240 g/mol. The van der Waals surface area contributed by atoms with Gasteiger partial charge >= 0.3 is 0 Å². The maximum absolute atomic E-state index is 2.35. The fourth-order valence-corrected chi connectivity index (χ4v) is 2.63. The highest BCUT2D eigenvalue weighted by molar-refractivity contribution is 5.73. The number of aryl methyl sites for hydroxylation is 1. The first-order chi connectivity index (χ1) is 8.39. The van der Waals surface area contributed by atoms with Crippen LogP contribution < -0.4 is 0 Å². The molecule has 18 heavy (non-hydrogen) atoms. The van der Waals surface area contributed by atoms with Crippen molar-refractivity contribution < 1.29 is 0 Å². The average Bonchev–Trinajstić information content (AvgIpc) is 2.29. The molecule has 0 saturated heterocycles. The van der Waals surface area contributed by atoms with E-state index in [4.69, 9.17) is 0 Å². The molecule has 1 atom stereocenters. The maximum atomic E-state index is 2.35. The minimum Gasteiger partial charge on any atom is -0.0839 e. The highest BCUT2D eigenvalue weighted by Gasteiger charge is 2.22. The van der Waals surface area contributed by atoms with Crippen molar-refractivity contribution in [3.63, 3.8) is 0 Å². The zero-order chi connectivity index (χ0) is 13.3. The molecule has 0 fully saturated rings. The van der Waals surface area contributed by atoms with Gasteiger partial charge in [0.15, 0.2) is 0 Å². The summed E-state index contributed by atoms with van der Waals surface area (Å²) >= 11 is 0. The van der Waals surface area contributed by atoms with Crippen molar-refractivity contribution in [3.05, 3.63) is 53.1 Å². The van der Waals surface area contributed by atoms with E-state index in [-0.39, 0.29) is 5.41 Å². The van der Waals surface area contributed by atoms with E-state index in [2.05, 4.69) is 71.0 Å². The SMILES string of the molecule is Cc1ccc(C2=CC=CCC2C)c(C(C)(C)C)c1. The average molecular weight is 240 g/mol. The largest absolute Gasteiger partial charge is 0.0839 e. The van der Waals surface area contributed by atoms with Crippen molar-refractivity contribution in [3.8, 4) is 0 Å². The predicted molar refractivity (Wildman–Crippen MR) is 80.8 cm³/mol. The van der Waals surface area contributed by atoms with Crippen molar-refractivity contribution in [1.82, 2.24) is 0 Å². The lowest BCUT2D eigenvalue weighted by Crippen LogP contribution is -2.16. The van der Waals surface area contributed by atoms with Gasteiger partial charge in [-0.15, -0.1) is 0 Å². The lowest BCUT2D eigenvalue weighted by Gasteiger charge is -2.27. The van der Waals surface area contributed by atoms with Gasteiger partial charge in [-0.05, 0) is 41.4 Å². The summed E-state index contributed by atoms with van der Waals surface area (Å²) in [6.07, 6.45) is 7.90. The van der Waals surface area contributed by atoms with Gasteiger partial charge in [0, 0.05) is 0 Å². The third kappa shape index (κ3) is 2.58. The molecule has 0 radical (unpaired) electrons. The van der Waals surface area contributed by atoms with Crippen molar-refractivity contribution in [2.45, 2.75) is 46.5 Å². The van der Waals surface area contributed by atoms with Gasteiger partial charge in [-0.2, -0.15) is 0 Å². The maximum Gasteiger partial charge on any atom is -0.0126 e. The number of benzene rings is 1. The highest BCUT2D eigenvalue weighted by atomic mass is 14.3. The van der Waals surface area contributed by atoms with E-state index in [0.29, 0.717) is 5.92 Å². The smallest absolute Gasteiger partial charge is 0.0126 e. The Morgan fingerprint density at radius 1 is 1.17 bits per heavy atom. The first kappa shape index (κ1) is 13.1. The first-order valence-electron chi connectivity index (χ1n) is 6.88. The molecule has 1 aliphatic rings. The van der Waals surface area contributed by atoms with E-state index >= 15 is 0 Å². The summed E-state index contributed by atoms with van der Waals surface area (Å²) in [6.45, 7) is 11.4. The molecule has 1 aromatic carbocycles. The third-order valence-electron chi connectivity index (χ3n) is 3.73. The Balaban J connectivity index is 2.57. The number of allylic oxidation sites excluding steroid dienone is 4. The standard InChI is InChI=1S/C18H24/c1-13-10-11-16(17(12-13)18(3,4)5)15-9-7-6-8-14(15)2/h6-7,9-12,14H,8H2,1-5H3. The minimum absolute atomic E-state index is 0.197. The molecule has 0 spiro atoms. The zero-order valence-corrected chi connectivity index (χ0v) is 12.2. The first-order valence-corrected chi connectivity index (χ1v) is 6.88. The predicted octanol–water partition coefficient (Wildman–Crippen LogP) is 5.27. The van der Waals surface area contributed by atoms with E-state index in [1.165, 1.54) is 22.3 Å². The molecule has 0 heterocycles. The van der Waals surface area contributed by atoms with Crippen LogP contribution in [-0.2, 0) is 5.41 Å². The van der Waals surface area contributed by atoms with Gasteiger partial charge in [0.2, 0.25) is 0 Å². The molecule has 0 aromatic heterocycles. The van der Waals surface area contributed by atoms with Gasteiger partial charge < -0.3 is 0 Å². The van der Waals surface area contributed by atoms with E-state index < -0.39 is 0 Å². The summed E-state index contributed by atoms with van der Waals surface area (Å²) < 4.78 is 0. The molecule has 2 rings (SSSR count). The molecule has 0 heteroatoms. The minimum atomic E-state index is 0.197. The molecule has 96 valence electrons. The van der Waals surface area contributed by atoms with Crippen LogP contribution in [0, 0.1) is 12.8 Å². The van der Waals surface area contributed by atoms with Crippen LogP contribution in [0.4, 0.5) is 0 Å². The molecule has 0 aliphatic heterocycles. The third-order valence-corrected chi connectivity index (χ3v) is 3.73. The lowest BCUT2D eigenvalue weighted by atomic mass is 9.77. The van der Waals surface area contributed by atoms with Gasteiger partial charge in [-0.1, -0.05) is 69.7 Å². The lowest BCUT2D eigenvalue weighted by molar-refractivity contribution is 0.586. The van der Waals surface area contributed by atoms with Crippen LogP contribution in [0.3, 0.4) is 0 Å². The van der Waals surface area contributed by atoms with Crippen LogP contribution in [0.2, 0.25) is 0 Å². The molecule has 1 aliphatic carbocycles. The van der Waals surface area contributed by atoms with Gasteiger partial charge in [0.25, 0.3) is 0 Å². The second-order valence-corrected chi connectivity index (χ2v) is 6.49. The summed E-state index contributed by atoms with van der Waals surface area (Å²) in [5.74, 6) is 0.624. The highest BCUT2D eigenvalue weighted by Crippen LogP contribution is 2.36. The van der Waals surface area contributed by atoms with Gasteiger partial charge in [-0.3, -0.25) is 0 Å². The quantitative estimate of drug-likeness (QED) is 0.627. The van der Waals surface area contributed by atoms with E-state index in [1.807, 2.05) is 0 Å². The normalized spacial score (nSPS) is 19.8. The van der Waals surface area contributed by atoms with Crippen LogP contribution in [0.25, 0.3) is 5.57 Å². The van der Waals surface area contributed by atoms with Gasteiger partial charge in [0.05, 0.1) is 0 Å². The Bertz CT molecular complexity index is 495. The molecular formula is C18H24. The fraction of sp³-hybridized carbons (Fsp3) is 0.444. The topological polar surface area (TPSA) is 0 Å². The van der Waals surface area contributed by atoms with E-state index in [9.17, 15) is 0 Å². The molecule has 0 N–H and O–H groups in total. The molecule has 0 bridgehead atoms. The molecule has 1 aromatic rings. The van der Waals surface area contributed by atoms with E-state index in [0.717, 1.165) is 6.42 Å². The van der Waals surface area contributed by atoms with E-state index in [1.54, 1.807) is 0 Å². The Morgan fingerprint density at radius 2 is 1.89 bits per heavy atom. The van der Waals surface area contributed by atoms with Crippen molar-refractivity contribution in [2.24, 2.45) is 5.92 Å². The molecule has 0 amide bonds. The summed E-state index contributed by atoms with van der Waals surface area (Å²) in [6, 6.07) is 6.88. The zero-order valence-electron chi connectivity index (χ0n) is 12.2. The van der Waals surface area contributed by atoms with Crippen molar-refractivity contribution in [2.75, 3.05) is 0 Å².